The van der Waals surface area contributed by atoms with Crippen molar-refractivity contribution in [3.05, 3.63) is 78.4 Å². The molecular weight excluding hydrogens is 396 g/mol. The highest BCUT2D eigenvalue weighted by Crippen LogP contribution is 2.22. The summed E-state index contributed by atoms with van der Waals surface area (Å²) < 4.78 is 33.9. The Hall–Kier alpha value is -2.25. The van der Waals surface area contributed by atoms with Crippen LogP contribution in [-0.4, -0.2) is 46.1 Å². The predicted molar refractivity (Wildman–Crippen MR) is 120 cm³/mol. The molecule has 1 heterocycles. The van der Waals surface area contributed by atoms with Crippen LogP contribution in [0.3, 0.4) is 0 Å². The summed E-state index contributed by atoms with van der Waals surface area (Å²) in [4.78, 5) is 2.72. The Morgan fingerprint density at radius 3 is 2.53 bits per heavy atom. The molecule has 1 fully saturated rings. The number of hydrogen-bond donors (Lipinski definition) is 1. The van der Waals surface area contributed by atoms with Crippen molar-refractivity contribution in [1.29, 1.82) is 0 Å². The van der Waals surface area contributed by atoms with Crippen molar-refractivity contribution in [2.24, 2.45) is 0 Å². The van der Waals surface area contributed by atoms with Crippen molar-refractivity contribution in [2.75, 3.05) is 32.8 Å². The normalized spacial score (nSPS) is 17.9. The first-order chi connectivity index (χ1) is 14.6. The SMILES string of the molecule is O=S(=O)(NCCCCN1CCO[C@H](c2ccccc2)C1)c1ccc2ccccc2c1. The Kier molecular flexibility index (Phi) is 6.79. The first-order valence-corrected chi connectivity index (χ1v) is 12.0. The van der Waals surface area contributed by atoms with Crippen molar-refractivity contribution >= 4 is 20.8 Å². The third-order valence-electron chi connectivity index (χ3n) is 5.55. The van der Waals surface area contributed by atoms with E-state index in [1.165, 1.54) is 5.56 Å². The number of nitrogens with one attached hydrogen (secondary N) is 1. The van der Waals surface area contributed by atoms with Gasteiger partial charge in [0, 0.05) is 19.6 Å². The zero-order valence-corrected chi connectivity index (χ0v) is 17.9. The lowest BCUT2D eigenvalue weighted by molar-refractivity contribution is -0.0303. The summed E-state index contributed by atoms with van der Waals surface area (Å²) >= 11 is 0. The predicted octanol–water partition coefficient (Wildman–Crippen LogP) is 3.97. The second-order valence-electron chi connectivity index (χ2n) is 7.68. The summed E-state index contributed by atoms with van der Waals surface area (Å²) in [5.74, 6) is 0. The molecule has 0 saturated carbocycles. The van der Waals surface area contributed by atoms with Gasteiger partial charge in [-0.3, -0.25) is 4.90 Å². The van der Waals surface area contributed by atoms with Gasteiger partial charge in [-0.2, -0.15) is 0 Å². The van der Waals surface area contributed by atoms with Crippen LogP contribution in [0.25, 0.3) is 10.8 Å². The molecule has 158 valence electrons. The molecule has 0 aromatic heterocycles. The monoisotopic (exact) mass is 424 g/mol. The van der Waals surface area contributed by atoms with E-state index in [1.807, 2.05) is 48.5 Å². The Morgan fingerprint density at radius 2 is 1.70 bits per heavy atom. The molecule has 0 aliphatic carbocycles. The number of nitrogens with zero attached hydrogens (tertiary/aromatic N) is 1. The molecule has 30 heavy (non-hydrogen) atoms. The summed E-state index contributed by atoms with van der Waals surface area (Å²) in [5, 5.41) is 1.97. The highest BCUT2D eigenvalue weighted by Gasteiger charge is 2.21. The van der Waals surface area contributed by atoms with E-state index in [0.717, 1.165) is 49.9 Å². The van der Waals surface area contributed by atoms with Crippen molar-refractivity contribution in [1.82, 2.24) is 9.62 Å². The molecule has 4 rings (SSSR count). The average Bonchev–Trinajstić information content (AvgIpc) is 2.79. The Labute approximate surface area is 178 Å². The molecule has 5 nitrogen and oxygen atoms in total. The molecule has 1 atom stereocenters. The number of rotatable bonds is 8. The van der Waals surface area contributed by atoms with E-state index in [-0.39, 0.29) is 6.10 Å². The minimum atomic E-state index is -3.49. The van der Waals surface area contributed by atoms with E-state index in [2.05, 4.69) is 21.8 Å². The molecule has 0 radical (unpaired) electrons. The lowest BCUT2D eigenvalue weighted by Gasteiger charge is -2.33. The van der Waals surface area contributed by atoms with Gasteiger partial charge in [-0.25, -0.2) is 13.1 Å². The number of benzene rings is 3. The van der Waals surface area contributed by atoms with Gasteiger partial charge in [0.25, 0.3) is 0 Å². The van der Waals surface area contributed by atoms with Crippen LogP contribution in [0.2, 0.25) is 0 Å². The van der Waals surface area contributed by atoms with Gasteiger partial charge < -0.3 is 4.74 Å². The standard InChI is InChI=1S/C24H28N2O3S/c27-30(28,23-13-12-20-8-4-5-11-22(20)18-23)25-14-6-7-15-26-16-17-29-24(19-26)21-9-2-1-3-10-21/h1-5,8-13,18,24-25H,6-7,14-17,19H2/t24-/m0/s1. The van der Waals surface area contributed by atoms with Crippen molar-refractivity contribution < 1.29 is 13.2 Å². The smallest absolute Gasteiger partial charge is 0.240 e. The van der Waals surface area contributed by atoms with Gasteiger partial charge >= 0.3 is 0 Å². The van der Waals surface area contributed by atoms with E-state index in [9.17, 15) is 8.42 Å². The summed E-state index contributed by atoms with van der Waals surface area (Å²) in [6.07, 6.45) is 1.87. The maximum absolute atomic E-state index is 12.6. The molecule has 0 bridgehead atoms. The zero-order valence-electron chi connectivity index (χ0n) is 17.0. The lowest BCUT2D eigenvalue weighted by atomic mass is 10.1. The van der Waals surface area contributed by atoms with Gasteiger partial charge in [0.15, 0.2) is 0 Å². The number of ether oxygens (including phenoxy) is 1. The number of unbranched alkanes of at least 4 members (excludes halogenated alkanes) is 1. The van der Waals surface area contributed by atoms with Gasteiger partial charge in [-0.15, -0.1) is 0 Å². The van der Waals surface area contributed by atoms with Crippen LogP contribution in [0.5, 0.6) is 0 Å². The molecule has 3 aromatic carbocycles. The summed E-state index contributed by atoms with van der Waals surface area (Å²) in [6, 6.07) is 23.3. The van der Waals surface area contributed by atoms with Gasteiger partial charge in [0.05, 0.1) is 17.6 Å². The molecule has 0 unspecified atom stereocenters. The maximum atomic E-state index is 12.6. The summed E-state index contributed by atoms with van der Waals surface area (Å²) in [6.45, 7) is 3.93. The van der Waals surface area contributed by atoms with E-state index in [4.69, 9.17) is 4.74 Å². The fourth-order valence-corrected chi connectivity index (χ4v) is 4.97. The Balaban J connectivity index is 1.23. The van der Waals surface area contributed by atoms with E-state index >= 15 is 0 Å². The number of fused-ring (bicyclic) bond motifs is 1. The minimum absolute atomic E-state index is 0.117. The van der Waals surface area contributed by atoms with Crippen LogP contribution in [0.4, 0.5) is 0 Å². The highest BCUT2D eigenvalue weighted by molar-refractivity contribution is 7.89. The molecular formula is C24H28N2O3S. The highest BCUT2D eigenvalue weighted by atomic mass is 32.2. The molecule has 0 spiro atoms. The summed E-state index contributed by atoms with van der Waals surface area (Å²) in [5.41, 5.74) is 1.21. The topological polar surface area (TPSA) is 58.6 Å². The van der Waals surface area contributed by atoms with Gasteiger partial charge in [-0.1, -0.05) is 60.7 Å². The molecule has 1 N–H and O–H groups in total. The first-order valence-electron chi connectivity index (χ1n) is 10.5. The van der Waals surface area contributed by atoms with Crippen LogP contribution >= 0.6 is 0 Å². The largest absolute Gasteiger partial charge is 0.371 e. The Bertz CT molecular complexity index is 1070. The van der Waals surface area contributed by atoms with Gasteiger partial charge in [0.2, 0.25) is 10.0 Å². The lowest BCUT2D eigenvalue weighted by Crippen LogP contribution is -2.39. The first kappa shape index (κ1) is 21.0. The molecule has 3 aromatic rings. The van der Waals surface area contributed by atoms with Crippen LogP contribution in [-0.2, 0) is 14.8 Å². The molecule has 1 aliphatic rings. The van der Waals surface area contributed by atoms with E-state index in [0.29, 0.717) is 11.4 Å². The van der Waals surface area contributed by atoms with Crippen LogP contribution < -0.4 is 4.72 Å². The Morgan fingerprint density at radius 1 is 0.933 bits per heavy atom. The summed E-state index contributed by atoms with van der Waals surface area (Å²) in [7, 11) is -3.49. The van der Waals surface area contributed by atoms with E-state index in [1.54, 1.807) is 12.1 Å². The van der Waals surface area contributed by atoms with Gasteiger partial charge in [0.1, 0.15) is 0 Å². The average molecular weight is 425 g/mol. The third kappa shape index (κ3) is 5.26. The van der Waals surface area contributed by atoms with Crippen LogP contribution in [0.1, 0.15) is 24.5 Å². The fraction of sp³-hybridized carbons (Fsp3) is 0.333. The number of morpholine rings is 1. The fourth-order valence-electron chi connectivity index (χ4n) is 3.86. The van der Waals surface area contributed by atoms with Crippen molar-refractivity contribution in [3.8, 4) is 0 Å². The van der Waals surface area contributed by atoms with Crippen molar-refractivity contribution in [3.63, 3.8) is 0 Å². The quantitative estimate of drug-likeness (QED) is 0.556. The second-order valence-corrected chi connectivity index (χ2v) is 9.45. The van der Waals surface area contributed by atoms with Gasteiger partial charge in [-0.05, 0) is 47.9 Å². The second kappa shape index (κ2) is 9.71. The molecule has 1 aliphatic heterocycles. The van der Waals surface area contributed by atoms with E-state index < -0.39 is 10.0 Å². The minimum Gasteiger partial charge on any atom is -0.371 e. The van der Waals surface area contributed by atoms with Crippen LogP contribution in [0.15, 0.2) is 77.7 Å². The van der Waals surface area contributed by atoms with Crippen molar-refractivity contribution in [2.45, 2.75) is 23.8 Å². The molecule has 6 heteroatoms. The number of hydrogen-bond acceptors (Lipinski definition) is 4. The molecule has 0 amide bonds. The maximum Gasteiger partial charge on any atom is 0.240 e. The molecule has 1 saturated heterocycles. The number of sulfonamides is 1. The van der Waals surface area contributed by atoms with Crippen LogP contribution in [0, 0.1) is 0 Å². The third-order valence-corrected chi connectivity index (χ3v) is 7.01. The zero-order chi connectivity index (χ0) is 20.8.